The number of H-pyrrole nitrogens is 1. The van der Waals surface area contributed by atoms with Crippen molar-refractivity contribution in [3.05, 3.63) is 58.0 Å². The molecule has 0 aliphatic rings. The molecular weight excluding hydrogens is 244 g/mol. The summed E-state index contributed by atoms with van der Waals surface area (Å²) in [4.78, 5) is 24.2. The monoisotopic (exact) mass is 251 g/mol. The van der Waals surface area contributed by atoms with E-state index in [1.807, 2.05) is 0 Å². The first-order chi connectivity index (χ1) is 8.47. The van der Waals surface area contributed by atoms with Crippen molar-refractivity contribution in [3.63, 3.8) is 0 Å². The van der Waals surface area contributed by atoms with Gasteiger partial charge >= 0.3 is 5.97 Å². The van der Waals surface area contributed by atoms with Crippen molar-refractivity contribution in [1.82, 2.24) is 4.98 Å². The SMILES string of the molecule is O=C(O)c1cc(-c2cc(F)cc(F)c2)c[nH]c1=O. The lowest BCUT2D eigenvalue weighted by atomic mass is 10.1. The van der Waals surface area contributed by atoms with Gasteiger partial charge in [-0.25, -0.2) is 13.6 Å². The first-order valence-electron chi connectivity index (χ1n) is 4.90. The number of hydrogen-bond acceptors (Lipinski definition) is 2. The summed E-state index contributed by atoms with van der Waals surface area (Å²) in [5, 5.41) is 8.78. The van der Waals surface area contributed by atoms with E-state index in [9.17, 15) is 18.4 Å². The average Bonchev–Trinajstić information content (AvgIpc) is 2.27. The van der Waals surface area contributed by atoms with Crippen molar-refractivity contribution in [2.75, 3.05) is 0 Å². The van der Waals surface area contributed by atoms with Crippen molar-refractivity contribution in [3.8, 4) is 11.1 Å². The number of aromatic amines is 1. The zero-order chi connectivity index (χ0) is 13.3. The van der Waals surface area contributed by atoms with Crippen molar-refractivity contribution in [2.45, 2.75) is 0 Å². The topological polar surface area (TPSA) is 70.2 Å². The Labute approximate surface area is 99.5 Å². The number of aromatic nitrogens is 1. The number of nitrogens with one attached hydrogen (secondary N) is 1. The molecule has 4 nitrogen and oxygen atoms in total. The van der Waals surface area contributed by atoms with Crippen LogP contribution in [0.5, 0.6) is 0 Å². The number of carbonyl (C=O) groups is 1. The van der Waals surface area contributed by atoms with Crippen LogP contribution in [0.4, 0.5) is 8.78 Å². The Hall–Kier alpha value is -2.50. The highest BCUT2D eigenvalue weighted by Gasteiger charge is 2.11. The van der Waals surface area contributed by atoms with Crippen molar-refractivity contribution in [2.24, 2.45) is 0 Å². The van der Waals surface area contributed by atoms with Crippen LogP contribution in [0.15, 0.2) is 35.3 Å². The second kappa shape index (κ2) is 4.40. The fourth-order valence-corrected chi connectivity index (χ4v) is 1.53. The van der Waals surface area contributed by atoms with Gasteiger partial charge in [0.15, 0.2) is 0 Å². The minimum Gasteiger partial charge on any atom is -0.477 e. The minimum absolute atomic E-state index is 0.145. The minimum atomic E-state index is -1.41. The van der Waals surface area contributed by atoms with Crippen LogP contribution in [0.3, 0.4) is 0 Å². The van der Waals surface area contributed by atoms with Crippen LogP contribution in [0, 0.1) is 11.6 Å². The van der Waals surface area contributed by atoms with E-state index in [-0.39, 0.29) is 11.1 Å². The number of aromatic carboxylic acids is 1. The molecule has 0 fully saturated rings. The maximum atomic E-state index is 13.0. The van der Waals surface area contributed by atoms with Gasteiger partial charge in [-0.1, -0.05) is 0 Å². The number of pyridine rings is 1. The third-order valence-electron chi connectivity index (χ3n) is 2.33. The zero-order valence-electron chi connectivity index (χ0n) is 8.91. The Morgan fingerprint density at radius 3 is 2.22 bits per heavy atom. The summed E-state index contributed by atoms with van der Waals surface area (Å²) in [5.41, 5.74) is -0.906. The molecule has 18 heavy (non-hydrogen) atoms. The molecule has 0 aliphatic carbocycles. The molecule has 2 N–H and O–H groups in total. The van der Waals surface area contributed by atoms with E-state index in [1.165, 1.54) is 6.20 Å². The molecular formula is C12H7F2NO3. The van der Waals surface area contributed by atoms with Gasteiger partial charge in [0.1, 0.15) is 17.2 Å². The molecule has 0 amide bonds. The highest BCUT2D eigenvalue weighted by Crippen LogP contribution is 2.20. The predicted octanol–water partition coefficient (Wildman–Crippen LogP) is 2.02. The maximum Gasteiger partial charge on any atom is 0.341 e. The fraction of sp³-hybridized carbons (Fsp3) is 0. The van der Waals surface area contributed by atoms with Crippen LogP contribution in [0.25, 0.3) is 11.1 Å². The van der Waals surface area contributed by atoms with Gasteiger partial charge in [0.25, 0.3) is 5.56 Å². The summed E-state index contributed by atoms with van der Waals surface area (Å²) in [7, 11) is 0. The average molecular weight is 251 g/mol. The third kappa shape index (κ3) is 2.27. The van der Waals surface area contributed by atoms with Crippen molar-refractivity contribution < 1.29 is 18.7 Å². The molecule has 0 radical (unpaired) electrons. The van der Waals surface area contributed by atoms with Gasteiger partial charge in [-0.05, 0) is 29.3 Å². The molecule has 1 aromatic heterocycles. The Morgan fingerprint density at radius 2 is 1.67 bits per heavy atom. The summed E-state index contributed by atoms with van der Waals surface area (Å²) in [6.45, 7) is 0. The van der Waals surface area contributed by atoms with Gasteiger partial charge in [0.05, 0.1) is 0 Å². The number of hydrogen-bond donors (Lipinski definition) is 2. The normalized spacial score (nSPS) is 10.3. The van der Waals surface area contributed by atoms with E-state index in [0.717, 1.165) is 18.2 Å². The molecule has 2 aromatic rings. The molecule has 0 bridgehead atoms. The van der Waals surface area contributed by atoms with Gasteiger partial charge in [-0.15, -0.1) is 0 Å². The quantitative estimate of drug-likeness (QED) is 0.857. The highest BCUT2D eigenvalue weighted by atomic mass is 19.1. The maximum absolute atomic E-state index is 13.0. The predicted molar refractivity (Wildman–Crippen MR) is 59.4 cm³/mol. The van der Waals surface area contributed by atoms with E-state index in [1.54, 1.807) is 0 Å². The van der Waals surface area contributed by atoms with E-state index in [2.05, 4.69) is 4.98 Å². The van der Waals surface area contributed by atoms with Gasteiger partial charge in [-0.3, -0.25) is 4.79 Å². The standard InChI is InChI=1S/C12H7F2NO3/c13-8-1-6(2-9(14)4-8)7-3-10(12(17)18)11(16)15-5-7/h1-5H,(H,15,16)(H,17,18). The Balaban J connectivity index is 2.61. The summed E-state index contributed by atoms with van der Waals surface area (Å²) in [6.07, 6.45) is 1.20. The Kier molecular flexibility index (Phi) is 2.93. The first kappa shape index (κ1) is 12.0. The Bertz CT molecular complexity index is 659. The second-order valence-corrected chi connectivity index (χ2v) is 3.59. The molecule has 0 saturated carbocycles. The van der Waals surface area contributed by atoms with Crippen LogP contribution in [0.2, 0.25) is 0 Å². The second-order valence-electron chi connectivity index (χ2n) is 3.59. The largest absolute Gasteiger partial charge is 0.477 e. The van der Waals surface area contributed by atoms with Crippen LogP contribution in [0.1, 0.15) is 10.4 Å². The highest BCUT2D eigenvalue weighted by molar-refractivity contribution is 5.88. The number of carboxylic acids is 1. The molecule has 0 saturated heterocycles. The number of halogens is 2. The van der Waals surface area contributed by atoms with E-state index >= 15 is 0 Å². The van der Waals surface area contributed by atoms with Crippen LogP contribution >= 0.6 is 0 Å². The lowest BCUT2D eigenvalue weighted by Gasteiger charge is -2.03. The number of benzene rings is 1. The van der Waals surface area contributed by atoms with E-state index < -0.39 is 28.7 Å². The molecule has 0 spiro atoms. The molecule has 92 valence electrons. The van der Waals surface area contributed by atoms with Gasteiger partial charge < -0.3 is 10.1 Å². The van der Waals surface area contributed by atoms with Crippen LogP contribution in [-0.4, -0.2) is 16.1 Å². The lowest BCUT2D eigenvalue weighted by Crippen LogP contribution is -2.16. The van der Waals surface area contributed by atoms with E-state index in [4.69, 9.17) is 5.11 Å². The molecule has 1 aromatic carbocycles. The molecule has 2 rings (SSSR count). The first-order valence-corrected chi connectivity index (χ1v) is 4.90. The summed E-state index contributed by atoms with van der Waals surface area (Å²) in [6, 6.07) is 3.85. The zero-order valence-corrected chi connectivity index (χ0v) is 8.91. The van der Waals surface area contributed by atoms with Crippen molar-refractivity contribution >= 4 is 5.97 Å². The van der Waals surface area contributed by atoms with Gasteiger partial charge in [0.2, 0.25) is 0 Å². The summed E-state index contributed by atoms with van der Waals surface area (Å²) < 4.78 is 26.0. The summed E-state index contributed by atoms with van der Waals surface area (Å²) in [5.74, 6) is -2.98. The molecule has 0 aliphatic heterocycles. The molecule has 6 heteroatoms. The van der Waals surface area contributed by atoms with Gasteiger partial charge in [0, 0.05) is 12.3 Å². The van der Waals surface area contributed by atoms with Gasteiger partial charge in [-0.2, -0.15) is 0 Å². The third-order valence-corrected chi connectivity index (χ3v) is 2.33. The molecule has 1 heterocycles. The fourth-order valence-electron chi connectivity index (χ4n) is 1.53. The lowest BCUT2D eigenvalue weighted by molar-refractivity contribution is 0.0695. The summed E-state index contributed by atoms with van der Waals surface area (Å²) >= 11 is 0. The van der Waals surface area contributed by atoms with Crippen LogP contribution < -0.4 is 5.56 Å². The van der Waals surface area contributed by atoms with E-state index in [0.29, 0.717) is 6.07 Å². The molecule has 0 atom stereocenters. The Morgan fingerprint density at radius 1 is 1.06 bits per heavy atom. The number of rotatable bonds is 2. The smallest absolute Gasteiger partial charge is 0.341 e. The van der Waals surface area contributed by atoms with Crippen LogP contribution in [-0.2, 0) is 0 Å². The molecule has 0 unspecified atom stereocenters. The van der Waals surface area contributed by atoms with Crippen molar-refractivity contribution in [1.29, 1.82) is 0 Å². The number of carboxylic acid groups (broad SMARTS) is 1.